The molecule has 2 amide bonds. The second-order valence-electron chi connectivity index (χ2n) is 11.7. The lowest BCUT2D eigenvalue weighted by Crippen LogP contribution is -2.58. The zero-order valence-corrected chi connectivity index (χ0v) is 30.9. The Bertz CT molecular complexity index is 1570. The van der Waals surface area contributed by atoms with Crippen molar-refractivity contribution < 1.29 is 18.8 Å². The number of halogens is 1. The second kappa shape index (κ2) is 22.4. The Hall–Kier alpha value is -4.22. The van der Waals surface area contributed by atoms with Gasteiger partial charge >= 0.3 is 0 Å². The van der Waals surface area contributed by atoms with E-state index in [0.717, 1.165) is 55.7 Å². The molecular formula is C38H53FN6O3S. The predicted octanol–water partition coefficient (Wildman–Crippen LogP) is 7.28. The van der Waals surface area contributed by atoms with Crippen LogP contribution < -0.4 is 10.6 Å². The molecule has 1 fully saturated rings. The molecule has 11 heteroatoms. The summed E-state index contributed by atoms with van der Waals surface area (Å²) in [6.07, 6.45) is 10.0. The molecule has 2 N–H and O–H groups in total. The van der Waals surface area contributed by atoms with Gasteiger partial charge in [-0.1, -0.05) is 39.3 Å². The Morgan fingerprint density at radius 2 is 1.73 bits per heavy atom. The SMILES string of the molecule is CC(=O)N1CC(NC=O)C1.CC=O.CCCc1ccnc2cc(-c3ccc(CN(CCC)CCC)cn3)sc12.CNc1ccc(C)c(F)c1. The number of carbonyl (C=O) groups excluding carboxylic acids is 3. The molecule has 0 aliphatic carbocycles. The minimum atomic E-state index is -0.160. The average molecular weight is 693 g/mol. The molecule has 0 radical (unpaired) electrons. The number of aldehydes is 1. The molecule has 3 aromatic heterocycles. The Kier molecular flexibility index (Phi) is 18.7. The number of fused-ring (bicyclic) bond motifs is 1. The van der Waals surface area contributed by atoms with Crippen molar-refractivity contribution in [3.05, 3.63) is 77.4 Å². The molecule has 0 saturated carbocycles. The number of hydrogen-bond donors (Lipinski definition) is 2. The number of thiophene rings is 1. The number of anilines is 1. The van der Waals surface area contributed by atoms with E-state index in [0.29, 0.717) is 25.1 Å². The van der Waals surface area contributed by atoms with Crippen molar-refractivity contribution in [1.82, 2.24) is 25.1 Å². The van der Waals surface area contributed by atoms with Crippen LogP contribution in [0.3, 0.4) is 0 Å². The van der Waals surface area contributed by atoms with Crippen molar-refractivity contribution in [2.45, 2.75) is 79.8 Å². The number of rotatable bonds is 12. The van der Waals surface area contributed by atoms with Gasteiger partial charge in [-0.3, -0.25) is 24.5 Å². The van der Waals surface area contributed by atoms with E-state index in [9.17, 15) is 14.0 Å². The molecule has 0 bridgehead atoms. The van der Waals surface area contributed by atoms with Crippen LogP contribution in [0.25, 0.3) is 20.8 Å². The summed E-state index contributed by atoms with van der Waals surface area (Å²) in [6, 6.07) is 14.0. The van der Waals surface area contributed by atoms with Crippen LogP contribution in [0.4, 0.5) is 10.1 Å². The van der Waals surface area contributed by atoms with Gasteiger partial charge in [-0.15, -0.1) is 11.3 Å². The van der Waals surface area contributed by atoms with Gasteiger partial charge in [0.1, 0.15) is 12.1 Å². The molecule has 0 atom stereocenters. The number of nitrogens with one attached hydrogen (secondary N) is 2. The van der Waals surface area contributed by atoms with E-state index in [2.05, 4.69) is 65.6 Å². The number of amides is 2. The van der Waals surface area contributed by atoms with Gasteiger partial charge in [0.05, 0.1) is 26.8 Å². The second-order valence-corrected chi connectivity index (χ2v) is 12.8. The summed E-state index contributed by atoms with van der Waals surface area (Å²) in [5, 5.41) is 5.45. The van der Waals surface area contributed by atoms with Crippen LogP contribution >= 0.6 is 11.3 Å². The highest BCUT2D eigenvalue weighted by Gasteiger charge is 2.27. The number of pyridine rings is 2. The van der Waals surface area contributed by atoms with Gasteiger partial charge in [0.25, 0.3) is 0 Å². The van der Waals surface area contributed by atoms with Crippen molar-refractivity contribution in [3.8, 4) is 10.6 Å². The van der Waals surface area contributed by atoms with Crippen LogP contribution in [-0.4, -0.2) is 77.6 Å². The van der Waals surface area contributed by atoms with Crippen molar-refractivity contribution in [1.29, 1.82) is 0 Å². The highest BCUT2D eigenvalue weighted by molar-refractivity contribution is 7.22. The average Bonchev–Trinajstić information content (AvgIpc) is 3.51. The van der Waals surface area contributed by atoms with E-state index in [1.54, 1.807) is 24.9 Å². The maximum atomic E-state index is 12.7. The first kappa shape index (κ1) is 41.0. The number of likely N-dealkylation sites (tertiary alicyclic amines) is 1. The topological polar surface area (TPSA) is 108 Å². The van der Waals surface area contributed by atoms with Gasteiger partial charge in [-0.25, -0.2) is 4.39 Å². The fourth-order valence-electron chi connectivity index (χ4n) is 5.09. The molecule has 266 valence electrons. The number of benzene rings is 1. The van der Waals surface area contributed by atoms with E-state index >= 15 is 0 Å². The molecule has 5 rings (SSSR count). The zero-order valence-electron chi connectivity index (χ0n) is 30.1. The summed E-state index contributed by atoms with van der Waals surface area (Å²) in [5.74, 6) is -0.0872. The largest absolute Gasteiger partial charge is 0.388 e. The molecule has 49 heavy (non-hydrogen) atoms. The van der Waals surface area contributed by atoms with Crippen LogP contribution in [0, 0.1) is 12.7 Å². The van der Waals surface area contributed by atoms with Gasteiger partial charge in [0.2, 0.25) is 12.3 Å². The monoisotopic (exact) mass is 692 g/mol. The third-order valence-corrected chi connectivity index (χ3v) is 8.89. The number of nitrogens with zero attached hydrogens (tertiary/aromatic N) is 4. The molecule has 0 spiro atoms. The van der Waals surface area contributed by atoms with Crippen molar-refractivity contribution >= 4 is 45.8 Å². The van der Waals surface area contributed by atoms with Gasteiger partial charge in [0, 0.05) is 51.7 Å². The lowest BCUT2D eigenvalue weighted by Gasteiger charge is -2.37. The summed E-state index contributed by atoms with van der Waals surface area (Å²) < 4.78 is 14.0. The molecule has 4 aromatic rings. The Balaban J connectivity index is 0.000000296. The standard InChI is InChI=1S/C22H29N3S.C8H10FN.C6H10N2O2.C2H4O/c1-4-7-18-10-11-23-20-14-21(26-22(18)20)19-9-8-17(15-24-19)16-25(12-5-2)13-6-3;1-6-3-4-7(10-2)5-8(6)9;1-5(10)8-2-6(3-8)7-4-9;1-2-3/h8-11,14-15H,4-7,12-13,16H2,1-3H3;3-5,10H,1-2H3;4,6H,2-3H2,1H3,(H,7,9);2H,1H3. The van der Waals surface area contributed by atoms with E-state index in [-0.39, 0.29) is 17.8 Å². The highest BCUT2D eigenvalue weighted by atomic mass is 32.1. The Morgan fingerprint density at radius 1 is 1.04 bits per heavy atom. The minimum Gasteiger partial charge on any atom is -0.388 e. The maximum absolute atomic E-state index is 12.7. The summed E-state index contributed by atoms with van der Waals surface area (Å²) in [7, 11) is 1.77. The van der Waals surface area contributed by atoms with Gasteiger partial charge in [-0.2, -0.15) is 0 Å². The van der Waals surface area contributed by atoms with Crippen molar-refractivity contribution in [2.24, 2.45) is 0 Å². The van der Waals surface area contributed by atoms with E-state index < -0.39 is 0 Å². The van der Waals surface area contributed by atoms with E-state index in [1.165, 1.54) is 53.5 Å². The molecule has 1 aromatic carbocycles. The van der Waals surface area contributed by atoms with Crippen LogP contribution in [-0.2, 0) is 27.3 Å². The zero-order chi connectivity index (χ0) is 36.2. The normalized spacial score (nSPS) is 12.0. The number of aryl methyl sites for hydroxylation is 2. The third kappa shape index (κ3) is 13.7. The predicted molar refractivity (Wildman–Crippen MR) is 200 cm³/mol. The quantitative estimate of drug-likeness (QED) is 0.150. The number of aromatic nitrogens is 2. The lowest BCUT2D eigenvalue weighted by molar-refractivity contribution is -0.134. The molecule has 0 unspecified atom stereocenters. The van der Waals surface area contributed by atoms with Crippen molar-refractivity contribution in [2.75, 3.05) is 38.5 Å². The molecular weight excluding hydrogens is 640 g/mol. The highest BCUT2D eigenvalue weighted by Crippen LogP contribution is 2.34. The van der Waals surface area contributed by atoms with E-state index in [4.69, 9.17) is 9.78 Å². The Labute approximate surface area is 295 Å². The third-order valence-electron chi connectivity index (χ3n) is 7.67. The first-order chi connectivity index (χ1) is 23.6. The summed E-state index contributed by atoms with van der Waals surface area (Å²) >= 11 is 1.82. The summed E-state index contributed by atoms with van der Waals surface area (Å²) in [5.41, 5.74) is 6.33. The van der Waals surface area contributed by atoms with Gasteiger partial charge < -0.3 is 20.3 Å². The molecule has 4 heterocycles. The number of hydrogen-bond acceptors (Lipinski definition) is 8. The lowest BCUT2D eigenvalue weighted by atomic mass is 10.1. The van der Waals surface area contributed by atoms with Crippen LogP contribution in [0.1, 0.15) is 70.6 Å². The smallest absolute Gasteiger partial charge is 0.219 e. The van der Waals surface area contributed by atoms with Crippen LogP contribution in [0.2, 0.25) is 0 Å². The Morgan fingerprint density at radius 3 is 2.27 bits per heavy atom. The minimum absolute atomic E-state index is 0.0731. The molecule has 9 nitrogen and oxygen atoms in total. The first-order valence-electron chi connectivity index (χ1n) is 17.0. The van der Waals surface area contributed by atoms with Crippen LogP contribution in [0.5, 0.6) is 0 Å². The summed E-state index contributed by atoms with van der Waals surface area (Å²) in [4.78, 5) is 44.0. The van der Waals surface area contributed by atoms with E-state index in [1.807, 2.05) is 29.8 Å². The first-order valence-corrected chi connectivity index (χ1v) is 17.8. The molecule has 1 saturated heterocycles. The van der Waals surface area contributed by atoms with Crippen molar-refractivity contribution in [3.63, 3.8) is 0 Å². The molecule has 1 aliphatic rings. The fourth-order valence-corrected chi connectivity index (χ4v) is 6.23. The van der Waals surface area contributed by atoms with Crippen LogP contribution in [0.15, 0.2) is 54.9 Å². The number of carbonyl (C=O) groups is 3. The maximum Gasteiger partial charge on any atom is 0.219 e. The van der Waals surface area contributed by atoms with Gasteiger partial charge in [-0.05, 0) is 93.2 Å². The molecule has 1 aliphatic heterocycles. The summed E-state index contributed by atoms with van der Waals surface area (Å²) in [6.45, 7) is 16.0. The van der Waals surface area contributed by atoms with Gasteiger partial charge in [0.15, 0.2) is 0 Å². The fraction of sp³-hybridized carbons (Fsp3) is 0.447.